The van der Waals surface area contributed by atoms with Gasteiger partial charge in [-0.2, -0.15) is 21.7 Å². The molecule has 1 aromatic carbocycles. The number of aromatic nitrogens is 3. The van der Waals surface area contributed by atoms with E-state index in [-0.39, 0.29) is 18.4 Å². The standard InChI is InChI=1S/C31H27N7O2S/c1-2-31(9-13-37(20-31)18-28(39)38-11-6-21(7-12-38)23-8-14-41-19-23)30(40)34-24-3-4-27-26(16-24)29(36-35-27)22-5-10-33-25(15-22)17-32/h1,3-6,8,10,14-16,19H,7,9,11-13,18,20H2,(H,34,40)(H,35,36). The summed E-state index contributed by atoms with van der Waals surface area (Å²) < 4.78 is 0. The molecule has 0 radical (unpaired) electrons. The SMILES string of the molecule is C#CC1(C(=O)Nc2ccc3[nH]nc(-c4ccnc(C#N)c4)c3c2)CCN(CC(=O)N2CC=C(c3ccsc3)CC2)C1. The Morgan fingerprint density at radius 2 is 2.10 bits per heavy atom. The number of aromatic amines is 1. The van der Waals surface area contributed by atoms with Crippen LogP contribution in [-0.4, -0.2) is 69.5 Å². The molecule has 41 heavy (non-hydrogen) atoms. The molecule has 9 nitrogen and oxygen atoms in total. The zero-order valence-corrected chi connectivity index (χ0v) is 23.1. The molecular weight excluding hydrogens is 534 g/mol. The molecule has 6 rings (SSSR count). The van der Waals surface area contributed by atoms with Gasteiger partial charge in [-0.3, -0.25) is 19.6 Å². The number of anilines is 1. The van der Waals surface area contributed by atoms with E-state index >= 15 is 0 Å². The summed E-state index contributed by atoms with van der Waals surface area (Å²) in [6.45, 7) is 2.40. The van der Waals surface area contributed by atoms with Gasteiger partial charge in [0.05, 0.1) is 12.1 Å². The third-order valence-electron chi connectivity index (χ3n) is 7.84. The number of benzene rings is 1. The maximum Gasteiger partial charge on any atom is 0.244 e. The monoisotopic (exact) mass is 561 g/mol. The molecule has 2 amide bonds. The van der Waals surface area contributed by atoms with Crippen molar-refractivity contribution in [2.45, 2.75) is 12.8 Å². The van der Waals surface area contributed by atoms with E-state index in [1.807, 2.05) is 28.0 Å². The number of amides is 2. The second-order valence-corrected chi connectivity index (χ2v) is 11.1. The molecule has 1 atom stereocenters. The van der Waals surface area contributed by atoms with Crippen LogP contribution >= 0.6 is 11.3 Å². The van der Waals surface area contributed by atoms with Crippen LogP contribution in [0.1, 0.15) is 24.1 Å². The van der Waals surface area contributed by atoms with Crippen LogP contribution in [0.3, 0.4) is 0 Å². The number of hydrogen-bond acceptors (Lipinski definition) is 7. The van der Waals surface area contributed by atoms with Crippen molar-refractivity contribution in [3.05, 3.63) is 70.7 Å². The van der Waals surface area contributed by atoms with Crippen LogP contribution in [0.5, 0.6) is 0 Å². The van der Waals surface area contributed by atoms with Gasteiger partial charge in [-0.15, -0.1) is 6.42 Å². The Kier molecular flexibility index (Phi) is 7.10. The number of terminal acetylenes is 1. The lowest BCUT2D eigenvalue weighted by atomic mass is 9.87. The Morgan fingerprint density at radius 3 is 2.85 bits per heavy atom. The molecule has 10 heteroatoms. The lowest BCUT2D eigenvalue weighted by Gasteiger charge is -2.29. The number of nitrogens with zero attached hydrogens (tertiary/aromatic N) is 5. The predicted octanol–water partition coefficient (Wildman–Crippen LogP) is 4.14. The second-order valence-electron chi connectivity index (χ2n) is 10.3. The number of likely N-dealkylation sites (tertiary alicyclic amines) is 1. The number of rotatable bonds is 6. The number of nitrogens with one attached hydrogen (secondary N) is 2. The molecule has 2 aliphatic rings. The van der Waals surface area contributed by atoms with Gasteiger partial charge < -0.3 is 10.2 Å². The van der Waals surface area contributed by atoms with Crippen LogP contribution in [0, 0.1) is 29.1 Å². The molecule has 0 aliphatic carbocycles. The molecule has 204 valence electrons. The summed E-state index contributed by atoms with van der Waals surface area (Å²) in [7, 11) is 0. The first kappa shape index (κ1) is 26.5. The minimum Gasteiger partial charge on any atom is -0.338 e. The van der Waals surface area contributed by atoms with E-state index in [2.05, 4.69) is 49.3 Å². The normalized spacial score (nSPS) is 19.0. The Balaban J connectivity index is 1.12. The van der Waals surface area contributed by atoms with Crippen LogP contribution in [0.4, 0.5) is 5.69 Å². The molecule has 1 unspecified atom stereocenters. The van der Waals surface area contributed by atoms with Crippen molar-refractivity contribution in [2.24, 2.45) is 5.41 Å². The smallest absolute Gasteiger partial charge is 0.244 e. The number of nitriles is 1. The summed E-state index contributed by atoms with van der Waals surface area (Å²) in [5.41, 5.74) is 4.56. The summed E-state index contributed by atoms with van der Waals surface area (Å²) in [6.07, 6.45) is 10.9. The molecular formula is C31H27N7O2S. The van der Waals surface area contributed by atoms with Crippen molar-refractivity contribution >= 4 is 45.3 Å². The third-order valence-corrected chi connectivity index (χ3v) is 8.52. The lowest BCUT2D eigenvalue weighted by Crippen LogP contribution is -2.43. The number of pyridine rings is 1. The highest BCUT2D eigenvalue weighted by Crippen LogP contribution is 2.33. The van der Waals surface area contributed by atoms with E-state index in [9.17, 15) is 14.9 Å². The molecule has 0 spiro atoms. The summed E-state index contributed by atoms with van der Waals surface area (Å²) in [5, 5.41) is 24.6. The first-order chi connectivity index (χ1) is 20.0. The average molecular weight is 562 g/mol. The Labute approximate surface area is 241 Å². The van der Waals surface area contributed by atoms with Crippen LogP contribution in [-0.2, 0) is 9.59 Å². The van der Waals surface area contributed by atoms with Crippen LogP contribution in [0.25, 0.3) is 27.7 Å². The molecule has 2 aliphatic heterocycles. The van der Waals surface area contributed by atoms with Gasteiger partial charge in [-0.25, -0.2) is 4.98 Å². The van der Waals surface area contributed by atoms with Gasteiger partial charge in [0.1, 0.15) is 22.9 Å². The van der Waals surface area contributed by atoms with Crippen molar-refractivity contribution in [1.82, 2.24) is 25.0 Å². The maximum atomic E-state index is 13.5. The molecule has 4 aromatic rings. The highest BCUT2D eigenvalue weighted by molar-refractivity contribution is 7.08. The first-order valence-corrected chi connectivity index (χ1v) is 14.3. The predicted molar refractivity (Wildman–Crippen MR) is 158 cm³/mol. The van der Waals surface area contributed by atoms with Crippen LogP contribution in [0.15, 0.2) is 59.4 Å². The summed E-state index contributed by atoms with van der Waals surface area (Å²) in [5.74, 6) is 2.52. The zero-order valence-electron chi connectivity index (χ0n) is 22.3. The first-order valence-electron chi connectivity index (χ1n) is 13.3. The summed E-state index contributed by atoms with van der Waals surface area (Å²) in [6, 6.07) is 13.1. The van der Waals surface area contributed by atoms with Gasteiger partial charge in [-0.05, 0) is 71.1 Å². The van der Waals surface area contributed by atoms with Crippen LogP contribution < -0.4 is 5.32 Å². The minimum atomic E-state index is -1.03. The van der Waals surface area contributed by atoms with E-state index in [0.29, 0.717) is 49.7 Å². The number of H-pyrrole nitrogens is 1. The zero-order chi connectivity index (χ0) is 28.4. The number of hydrogen-bond donors (Lipinski definition) is 2. The van der Waals surface area contributed by atoms with Gasteiger partial charge >= 0.3 is 0 Å². The highest BCUT2D eigenvalue weighted by Gasteiger charge is 2.44. The van der Waals surface area contributed by atoms with E-state index in [1.165, 1.54) is 11.1 Å². The van der Waals surface area contributed by atoms with Crippen molar-refractivity contribution in [3.8, 4) is 29.7 Å². The molecule has 1 saturated heterocycles. The quantitative estimate of drug-likeness (QED) is 0.342. The van der Waals surface area contributed by atoms with Gasteiger partial charge in [0.25, 0.3) is 0 Å². The Bertz CT molecular complexity index is 1740. The molecule has 0 bridgehead atoms. The largest absolute Gasteiger partial charge is 0.338 e. The van der Waals surface area contributed by atoms with Gasteiger partial charge in [-0.1, -0.05) is 12.0 Å². The number of carbonyl (C=O) groups is 2. The van der Waals surface area contributed by atoms with Gasteiger partial charge in [0.15, 0.2) is 0 Å². The second kappa shape index (κ2) is 11.0. The summed E-state index contributed by atoms with van der Waals surface area (Å²) >= 11 is 1.67. The van der Waals surface area contributed by atoms with Crippen molar-refractivity contribution in [2.75, 3.05) is 38.0 Å². The van der Waals surface area contributed by atoms with E-state index in [0.717, 1.165) is 22.9 Å². The molecule has 1 fully saturated rings. The fourth-order valence-corrected chi connectivity index (χ4v) is 6.17. The van der Waals surface area contributed by atoms with Gasteiger partial charge in [0.2, 0.25) is 11.8 Å². The topological polar surface area (TPSA) is 118 Å². The number of fused-ring (bicyclic) bond motifs is 1. The fourth-order valence-electron chi connectivity index (χ4n) is 5.49. The summed E-state index contributed by atoms with van der Waals surface area (Å²) in [4.78, 5) is 34.5. The van der Waals surface area contributed by atoms with E-state index < -0.39 is 5.41 Å². The third kappa shape index (κ3) is 5.23. The van der Waals surface area contributed by atoms with Gasteiger partial charge in [0, 0.05) is 49.0 Å². The lowest BCUT2D eigenvalue weighted by molar-refractivity contribution is -0.132. The number of thiophene rings is 1. The molecule has 0 saturated carbocycles. The Hall–Kier alpha value is -4.77. The minimum absolute atomic E-state index is 0.0486. The van der Waals surface area contributed by atoms with Crippen LogP contribution in [0.2, 0.25) is 0 Å². The molecule has 2 N–H and O–H groups in total. The fraction of sp³-hybridized carbons (Fsp3) is 0.258. The van der Waals surface area contributed by atoms with E-state index in [1.54, 1.807) is 35.7 Å². The molecule has 5 heterocycles. The van der Waals surface area contributed by atoms with E-state index in [4.69, 9.17) is 6.42 Å². The van der Waals surface area contributed by atoms with Crippen molar-refractivity contribution < 1.29 is 9.59 Å². The van der Waals surface area contributed by atoms with Crippen molar-refractivity contribution in [3.63, 3.8) is 0 Å². The highest BCUT2D eigenvalue weighted by atomic mass is 32.1. The average Bonchev–Trinajstić information content (AvgIpc) is 3.78. The Morgan fingerprint density at radius 1 is 1.20 bits per heavy atom. The number of carbonyl (C=O) groups excluding carboxylic acids is 2. The van der Waals surface area contributed by atoms with Crippen molar-refractivity contribution in [1.29, 1.82) is 5.26 Å². The maximum absolute atomic E-state index is 13.5. The molecule has 3 aromatic heterocycles.